The zero-order valence-electron chi connectivity index (χ0n) is 19.8. The lowest BCUT2D eigenvalue weighted by molar-refractivity contribution is 0.0792. The normalized spacial score (nSPS) is 18.3. The summed E-state index contributed by atoms with van der Waals surface area (Å²) in [7, 11) is 0. The zero-order valence-corrected chi connectivity index (χ0v) is 21.5. The van der Waals surface area contributed by atoms with Gasteiger partial charge in [-0.05, 0) is 62.3 Å². The van der Waals surface area contributed by atoms with E-state index in [1.54, 1.807) is 23.1 Å². The van der Waals surface area contributed by atoms with Gasteiger partial charge < -0.3 is 9.64 Å². The van der Waals surface area contributed by atoms with E-state index in [9.17, 15) is 9.59 Å². The molecule has 0 N–H and O–H groups in total. The van der Waals surface area contributed by atoms with Crippen LogP contribution in [0.15, 0.2) is 34.2 Å². The van der Waals surface area contributed by atoms with Crippen molar-refractivity contribution in [2.24, 2.45) is 0 Å². The molecule has 0 saturated carbocycles. The second-order valence-corrected chi connectivity index (χ2v) is 11.2. The molecule has 0 bridgehead atoms. The van der Waals surface area contributed by atoms with Crippen LogP contribution < -0.4 is 5.56 Å². The van der Waals surface area contributed by atoms with Crippen molar-refractivity contribution in [1.82, 2.24) is 14.5 Å². The highest BCUT2D eigenvalue weighted by Crippen LogP contribution is 2.31. The number of thioether (sulfide) groups is 1. The predicted molar refractivity (Wildman–Crippen MR) is 138 cm³/mol. The number of hydrogen-bond donors (Lipinski definition) is 0. The van der Waals surface area contributed by atoms with Gasteiger partial charge in [0.25, 0.3) is 11.5 Å². The molecular formula is C26H31N3O3S2. The third-order valence-corrected chi connectivity index (χ3v) is 8.89. The molecule has 3 aromatic rings. The van der Waals surface area contributed by atoms with E-state index in [-0.39, 0.29) is 17.6 Å². The second kappa shape index (κ2) is 10.2. The summed E-state index contributed by atoms with van der Waals surface area (Å²) in [6.45, 7) is 7.19. The number of hydrogen-bond acceptors (Lipinski definition) is 6. The van der Waals surface area contributed by atoms with Crippen molar-refractivity contribution in [2.75, 3.05) is 19.7 Å². The van der Waals surface area contributed by atoms with Crippen LogP contribution in [0.3, 0.4) is 0 Å². The number of benzene rings is 1. The predicted octanol–water partition coefficient (Wildman–Crippen LogP) is 5.04. The molecule has 4 heterocycles. The minimum Gasteiger partial charge on any atom is -0.376 e. The van der Waals surface area contributed by atoms with Crippen molar-refractivity contribution in [3.05, 3.63) is 56.2 Å². The molecule has 2 aromatic heterocycles. The molecule has 2 aliphatic heterocycles. The topological polar surface area (TPSA) is 64.4 Å². The third-order valence-electron chi connectivity index (χ3n) is 6.80. The van der Waals surface area contributed by atoms with E-state index in [0.29, 0.717) is 12.3 Å². The summed E-state index contributed by atoms with van der Waals surface area (Å²) in [5, 5.41) is 1.52. The van der Waals surface area contributed by atoms with Gasteiger partial charge in [0.1, 0.15) is 4.83 Å². The number of amides is 1. The van der Waals surface area contributed by atoms with Gasteiger partial charge in [0.05, 0.1) is 18.0 Å². The first kappa shape index (κ1) is 23.6. The number of aromatic nitrogens is 2. The summed E-state index contributed by atoms with van der Waals surface area (Å²) in [4.78, 5) is 35.1. The molecule has 2 saturated heterocycles. The first-order valence-electron chi connectivity index (χ1n) is 12.2. The lowest BCUT2D eigenvalue weighted by atomic mass is 10.1. The Bertz CT molecular complexity index is 1240. The van der Waals surface area contributed by atoms with Crippen LogP contribution in [0.2, 0.25) is 0 Å². The Morgan fingerprint density at radius 1 is 1.21 bits per heavy atom. The van der Waals surface area contributed by atoms with Crippen molar-refractivity contribution < 1.29 is 9.53 Å². The number of nitrogens with zero attached hydrogens (tertiary/aromatic N) is 3. The van der Waals surface area contributed by atoms with Gasteiger partial charge in [-0.15, -0.1) is 11.3 Å². The van der Waals surface area contributed by atoms with E-state index < -0.39 is 0 Å². The summed E-state index contributed by atoms with van der Waals surface area (Å²) in [5.41, 5.74) is 3.02. The molecule has 34 heavy (non-hydrogen) atoms. The van der Waals surface area contributed by atoms with Crippen molar-refractivity contribution >= 4 is 39.2 Å². The fraction of sp³-hybridized carbons (Fsp3) is 0.500. The first-order valence-corrected chi connectivity index (χ1v) is 14.0. The Morgan fingerprint density at radius 3 is 2.65 bits per heavy atom. The van der Waals surface area contributed by atoms with E-state index in [1.807, 2.05) is 33.7 Å². The Morgan fingerprint density at radius 2 is 1.97 bits per heavy atom. The molecule has 0 spiro atoms. The molecule has 1 aromatic carbocycles. The number of carbonyl (C=O) groups excluding carboxylic acids is 1. The standard InChI is InChI=1S/C26H31N3O3S2/c1-3-21-17(2)34-23-22(21)25(31)29(15-20-7-6-14-32-20)26(27-23)33-16-18-8-10-19(11-9-18)24(30)28-12-4-5-13-28/h8-11,20H,3-7,12-16H2,1-2H3. The fourth-order valence-corrected chi connectivity index (χ4v) is 7.03. The average molecular weight is 498 g/mol. The SMILES string of the molecule is CCc1c(C)sc2nc(SCc3ccc(C(=O)N4CCCC4)cc3)n(CC3CCCO3)c(=O)c12. The maximum absolute atomic E-state index is 13.6. The smallest absolute Gasteiger partial charge is 0.263 e. The van der Waals surface area contributed by atoms with Gasteiger partial charge in [0.2, 0.25) is 0 Å². The number of thiophene rings is 1. The lowest BCUT2D eigenvalue weighted by Gasteiger charge is -2.16. The quantitative estimate of drug-likeness (QED) is 0.338. The number of likely N-dealkylation sites (tertiary alicyclic amines) is 1. The van der Waals surface area contributed by atoms with Gasteiger partial charge in [-0.1, -0.05) is 30.8 Å². The fourth-order valence-electron chi connectivity index (χ4n) is 4.91. The third kappa shape index (κ3) is 4.68. The number of aryl methyl sites for hydroxylation is 2. The maximum atomic E-state index is 13.6. The highest BCUT2D eigenvalue weighted by molar-refractivity contribution is 7.98. The largest absolute Gasteiger partial charge is 0.376 e. The van der Waals surface area contributed by atoms with Crippen LogP contribution in [0.1, 0.15) is 59.0 Å². The van der Waals surface area contributed by atoms with Gasteiger partial charge in [-0.3, -0.25) is 14.2 Å². The van der Waals surface area contributed by atoms with E-state index >= 15 is 0 Å². The minimum atomic E-state index is 0.0516. The van der Waals surface area contributed by atoms with Crippen molar-refractivity contribution in [3.63, 3.8) is 0 Å². The van der Waals surface area contributed by atoms with Crippen LogP contribution in [-0.4, -0.2) is 46.2 Å². The maximum Gasteiger partial charge on any atom is 0.263 e. The Balaban J connectivity index is 1.40. The van der Waals surface area contributed by atoms with Gasteiger partial charge in [-0.25, -0.2) is 4.98 Å². The lowest BCUT2D eigenvalue weighted by Crippen LogP contribution is -2.29. The minimum absolute atomic E-state index is 0.0516. The van der Waals surface area contributed by atoms with Gasteiger partial charge in [0, 0.05) is 35.9 Å². The number of ether oxygens (including phenoxy) is 1. The first-order chi connectivity index (χ1) is 16.5. The Hall–Kier alpha value is -2.16. The van der Waals surface area contributed by atoms with Gasteiger partial charge in [0.15, 0.2) is 5.16 Å². The molecule has 1 unspecified atom stereocenters. The number of carbonyl (C=O) groups is 1. The van der Waals surface area contributed by atoms with Crippen molar-refractivity contribution in [3.8, 4) is 0 Å². The van der Waals surface area contributed by atoms with Gasteiger partial charge >= 0.3 is 0 Å². The highest BCUT2D eigenvalue weighted by Gasteiger charge is 2.23. The molecule has 180 valence electrons. The summed E-state index contributed by atoms with van der Waals surface area (Å²) in [6.07, 6.45) is 5.10. The number of rotatable bonds is 7. The molecule has 1 atom stereocenters. The Kier molecular flexibility index (Phi) is 7.09. The van der Waals surface area contributed by atoms with Crippen LogP contribution in [0.4, 0.5) is 0 Å². The van der Waals surface area contributed by atoms with Gasteiger partial charge in [-0.2, -0.15) is 0 Å². The molecule has 1 amide bonds. The molecule has 0 aliphatic carbocycles. The molecule has 2 aliphatic rings. The monoisotopic (exact) mass is 497 g/mol. The summed E-state index contributed by atoms with van der Waals surface area (Å²) < 4.78 is 7.68. The van der Waals surface area contributed by atoms with E-state index in [2.05, 4.69) is 13.8 Å². The van der Waals surface area contributed by atoms with Crippen molar-refractivity contribution in [2.45, 2.75) is 69.5 Å². The molecule has 8 heteroatoms. The number of fused-ring (bicyclic) bond motifs is 1. The van der Waals surface area contributed by atoms with Crippen LogP contribution in [0.5, 0.6) is 0 Å². The molecule has 2 fully saturated rings. The Labute approximate surface area is 208 Å². The molecular weight excluding hydrogens is 466 g/mol. The molecule has 5 rings (SSSR count). The highest BCUT2D eigenvalue weighted by atomic mass is 32.2. The summed E-state index contributed by atoms with van der Waals surface area (Å²) >= 11 is 3.19. The van der Waals surface area contributed by atoms with Crippen LogP contribution in [0, 0.1) is 6.92 Å². The van der Waals surface area contributed by atoms with Crippen LogP contribution >= 0.6 is 23.1 Å². The van der Waals surface area contributed by atoms with E-state index in [1.165, 1.54) is 4.88 Å². The second-order valence-electron chi connectivity index (χ2n) is 9.10. The van der Waals surface area contributed by atoms with Crippen molar-refractivity contribution in [1.29, 1.82) is 0 Å². The summed E-state index contributed by atoms with van der Waals surface area (Å²) in [6, 6.07) is 7.87. The molecule has 6 nitrogen and oxygen atoms in total. The van der Waals surface area contributed by atoms with Crippen LogP contribution in [-0.2, 0) is 23.5 Å². The van der Waals surface area contributed by atoms with E-state index in [0.717, 1.165) is 83.9 Å². The van der Waals surface area contributed by atoms with Crippen LogP contribution in [0.25, 0.3) is 10.2 Å². The molecule has 0 radical (unpaired) electrons. The zero-order chi connectivity index (χ0) is 23.7. The average Bonchev–Trinajstić information content (AvgIpc) is 3.61. The van der Waals surface area contributed by atoms with E-state index in [4.69, 9.17) is 9.72 Å². The summed E-state index contributed by atoms with van der Waals surface area (Å²) in [5.74, 6) is 0.807.